The maximum Gasteiger partial charge on any atom is 0.435 e. The summed E-state index contributed by atoms with van der Waals surface area (Å²) in [4.78, 5) is 8.47. The van der Waals surface area contributed by atoms with Crippen molar-refractivity contribution in [2.24, 2.45) is 7.05 Å². The monoisotopic (exact) mass is 364 g/mol. The predicted octanol–water partition coefficient (Wildman–Crippen LogP) is 2.14. The second kappa shape index (κ2) is 5.54. The fourth-order valence-corrected chi connectivity index (χ4v) is 2.36. The first-order valence-corrected chi connectivity index (χ1v) is 7.15. The van der Waals surface area contributed by atoms with E-state index in [0.29, 0.717) is 17.5 Å². The molecule has 0 aliphatic carbocycles. The second-order valence-electron chi connectivity index (χ2n) is 5.29. The average molecular weight is 364 g/mol. The number of benzene rings is 1. The summed E-state index contributed by atoms with van der Waals surface area (Å²) in [7, 11) is 1.54. The molecule has 0 bridgehead atoms. The lowest BCUT2D eigenvalue weighted by molar-refractivity contribution is -0.141. The number of halogens is 4. The van der Waals surface area contributed by atoms with E-state index in [1.54, 1.807) is 0 Å². The maximum absolute atomic E-state index is 14.1. The summed E-state index contributed by atoms with van der Waals surface area (Å²) < 4.78 is 53.4. The fourth-order valence-electron chi connectivity index (χ4n) is 2.36. The number of rotatable bonds is 2. The Morgan fingerprint density at radius 1 is 1.12 bits per heavy atom. The number of aromatic nitrogens is 8. The molecule has 1 aromatic carbocycles. The number of nitrogens with zero attached hydrogens (tertiary/aromatic N) is 8. The normalized spacial score (nSPS) is 12.0. The van der Waals surface area contributed by atoms with E-state index in [1.165, 1.54) is 36.2 Å². The molecule has 0 atom stereocenters. The third-order valence-corrected chi connectivity index (χ3v) is 3.54. The van der Waals surface area contributed by atoms with Gasteiger partial charge in [-0.1, -0.05) is 0 Å². The minimum absolute atomic E-state index is 0.0751. The lowest BCUT2D eigenvalue weighted by Crippen LogP contribution is -2.11. The molecule has 0 N–H and O–H groups in total. The molecule has 0 saturated carbocycles. The SMILES string of the molecule is Cn1nnc(-c2cc(-c3cnc4nc(C(F)(F)F)cnn34)ccc2F)n1. The van der Waals surface area contributed by atoms with Gasteiger partial charge in [0, 0.05) is 5.56 Å². The zero-order valence-corrected chi connectivity index (χ0v) is 13.0. The molecule has 4 rings (SSSR count). The quantitative estimate of drug-likeness (QED) is 0.507. The molecule has 0 saturated heterocycles. The molecule has 0 amide bonds. The molecule has 0 aliphatic rings. The molecule has 0 spiro atoms. The van der Waals surface area contributed by atoms with Crippen LogP contribution in [-0.4, -0.2) is 39.8 Å². The van der Waals surface area contributed by atoms with Crippen LogP contribution >= 0.6 is 0 Å². The van der Waals surface area contributed by atoms with Crippen LogP contribution in [0.5, 0.6) is 0 Å². The molecule has 0 fully saturated rings. The number of hydrogen-bond donors (Lipinski definition) is 0. The summed E-state index contributed by atoms with van der Waals surface area (Å²) in [6, 6.07) is 4.07. The molecule has 26 heavy (non-hydrogen) atoms. The van der Waals surface area contributed by atoms with Gasteiger partial charge in [-0.3, -0.25) is 0 Å². The lowest BCUT2D eigenvalue weighted by Gasteiger charge is -2.06. The van der Waals surface area contributed by atoms with Crippen molar-refractivity contribution in [3.8, 4) is 22.6 Å². The summed E-state index contributed by atoms with van der Waals surface area (Å²) >= 11 is 0. The van der Waals surface area contributed by atoms with Crippen molar-refractivity contribution in [3.63, 3.8) is 0 Å². The van der Waals surface area contributed by atoms with Gasteiger partial charge < -0.3 is 0 Å². The Hall–Kier alpha value is -3.44. The van der Waals surface area contributed by atoms with Gasteiger partial charge in [0.1, 0.15) is 5.82 Å². The first kappa shape index (κ1) is 16.1. The number of imidazole rings is 1. The Kier molecular flexibility index (Phi) is 3.42. The van der Waals surface area contributed by atoms with Crippen molar-refractivity contribution in [1.29, 1.82) is 0 Å². The molecule has 132 valence electrons. The summed E-state index contributed by atoms with van der Waals surface area (Å²) in [5, 5.41) is 15.1. The minimum Gasteiger partial charge on any atom is -0.217 e. The number of tetrazole rings is 1. The van der Waals surface area contributed by atoms with Crippen molar-refractivity contribution in [2.75, 3.05) is 0 Å². The molecule has 12 heteroatoms. The summed E-state index contributed by atoms with van der Waals surface area (Å²) in [5.41, 5.74) is -0.266. The van der Waals surface area contributed by atoms with E-state index in [4.69, 9.17) is 0 Å². The van der Waals surface area contributed by atoms with Gasteiger partial charge in [-0.2, -0.15) is 27.6 Å². The molecule has 8 nitrogen and oxygen atoms in total. The van der Waals surface area contributed by atoms with E-state index in [1.807, 2.05) is 0 Å². The largest absolute Gasteiger partial charge is 0.435 e. The van der Waals surface area contributed by atoms with E-state index >= 15 is 0 Å². The number of hydrogen-bond acceptors (Lipinski definition) is 6. The summed E-state index contributed by atoms with van der Waals surface area (Å²) in [6.45, 7) is 0. The van der Waals surface area contributed by atoms with Gasteiger partial charge in [0.25, 0.3) is 5.78 Å². The van der Waals surface area contributed by atoms with Crippen molar-refractivity contribution in [3.05, 3.63) is 42.1 Å². The Balaban J connectivity index is 1.83. The van der Waals surface area contributed by atoms with Gasteiger partial charge in [0.2, 0.25) is 5.82 Å². The van der Waals surface area contributed by atoms with Crippen molar-refractivity contribution < 1.29 is 17.6 Å². The van der Waals surface area contributed by atoms with Crippen LogP contribution in [0.2, 0.25) is 0 Å². The van der Waals surface area contributed by atoms with Crippen molar-refractivity contribution in [2.45, 2.75) is 6.18 Å². The zero-order chi connectivity index (χ0) is 18.5. The van der Waals surface area contributed by atoms with E-state index in [9.17, 15) is 17.6 Å². The fraction of sp³-hybridized carbons (Fsp3) is 0.143. The molecule has 3 aromatic heterocycles. The highest BCUT2D eigenvalue weighted by Crippen LogP contribution is 2.29. The predicted molar refractivity (Wildman–Crippen MR) is 79.0 cm³/mol. The first-order valence-electron chi connectivity index (χ1n) is 7.15. The average Bonchev–Trinajstić information content (AvgIpc) is 3.20. The highest BCUT2D eigenvalue weighted by molar-refractivity contribution is 5.69. The van der Waals surface area contributed by atoms with E-state index in [-0.39, 0.29) is 17.2 Å². The third-order valence-electron chi connectivity index (χ3n) is 3.54. The van der Waals surface area contributed by atoms with Gasteiger partial charge >= 0.3 is 6.18 Å². The Morgan fingerprint density at radius 2 is 1.92 bits per heavy atom. The molecular weight excluding hydrogens is 356 g/mol. The molecule has 0 aliphatic heterocycles. The Morgan fingerprint density at radius 3 is 2.62 bits per heavy atom. The zero-order valence-electron chi connectivity index (χ0n) is 13.0. The topological polar surface area (TPSA) is 86.7 Å². The molecule has 3 heterocycles. The van der Waals surface area contributed by atoms with Crippen LogP contribution in [0.15, 0.2) is 30.6 Å². The third kappa shape index (κ3) is 2.64. The molecular formula is C14H8F4N8. The van der Waals surface area contributed by atoms with Crippen LogP contribution in [0.1, 0.15) is 5.69 Å². The highest BCUT2D eigenvalue weighted by atomic mass is 19.4. The molecule has 0 unspecified atom stereocenters. The van der Waals surface area contributed by atoms with Crippen LogP contribution in [0.25, 0.3) is 28.4 Å². The maximum atomic E-state index is 14.1. The Bertz CT molecular complexity index is 1110. The van der Waals surface area contributed by atoms with Crippen molar-refractivity contribution in [1.82, 2.24) is 39.8 Å². The second-order valence-corrected chi connectivity index (χ2v) is 5.29. The standard InChI is InChI=1S/C14H8F4N8/c1-25-23-12(22-24-25)8-4-7(2-3-9(8)15)10-5-19-13-21-11(14(16,17)18)6-20-26(10)13/h2-6H,1H3. The molecule has 4 aromatic rings. The smallest absolute Gasteiger partial charge is 0.217 e. The number of fused-ring (bicyclic) bond motifs is 1. The van der Waals surface area contributed by atoms with Crippen LogP contribution in [0.4, 0.5) is 17.6 Å². The minimum atomic E-state index is -4.62. The first-order chi connectivity index (χ1) is 12.3. The van der Waals surface area contributed by atoms with Gasteiger partial charge in [-0.15, -0.1) is 10.2 Å². The van der Waals surface area contributed by atoms with Gasteiger partial charge in [0.15, 0.2) is 5.69 Å². The lowest BCUT2D eigenvalue weighted by atomic mass is 10.1. The van der Waals surface area contributed by atoms with Gasteiger partial charge in [-0.05, 0) is 23.4 Å². The Labute approximate surface area is 142 Å². The van der Waals surface area contributed by atoms with E-state index in [0.717, 1.165) is 4.52 Å². The van der Waals surface area contributed by atoms with Crippen LogP contribution in [0, 0.1) is 5.82 Å². The van der Waals surface area contributed by atoms with Crippen molar-refractivity contribution >= 4 is 5.78 Å². The van der Waals surface area contributed by atoms with E-state index in [2.05, 4.69) is 30.5 Å². The van der Waals surface area contributed by atoms with Gasteiger partial charge in [0.05, 0.1) is 30.7 Å². The number of alkyl halides is 3. The summed E-state index contributed by atoms with van der Waals surface area (Å²) in [5.74, 6) is -0.717. The van der Waals surface area contributed by atoms with Crippen LogP contribution in [0.3, 0.4) is 0 Å². The molecule has 0 radical (unpaired) electrons. The van der Waals surface area contributed by atoms with E-state index < -0.39 is 17.7 Å². The van der Waals surface area contributed by atoms with Crippen LogP contribution < -0.4 is 0 Å². The number of aryl methyl sites for hydroxylation is 1. The van der Waals surface area contributed by atoms with Crippen LogP contribution in [-0.2, 0) is 13.2 Å². The van der Waals surface area contributed by atoms with Gasteiger partial charge in [-0.25, -0.2) is 14.4 Å². The summed E-state index contributed by atoms with van der Waals surface area (Å²) in [6.07, 6.45) is -2.72. The highest BCUT2D eigenvalue weighted by Gasteiger charge is 2.33.